The Bertz CT molecular complexity index is 954. The van der Waals surface area contributed by atoms with E-state index in [1.54, 1.807) is 6.08 Å². The third-order valence-corrected chi connectivity index (χ3v) is 5.70. The highest BCUT2D eigenvalue weighted by atomic mass is 16.1. The summed E-state index contributed by atoms with van der Waals surface area (Å²) in [6, 6.07) is 18.0. The molecule has 0 saturated carbocycles. The molecule has 0 bridgehead atoms. The molecular weight excluding hydrogens is 358 g/mol. The number of carbonyl (C=O) groups is 1. The third-order valence-electron chi connectivity index (χ3n) is 5.70. The molecule has 0 radical (unpaired) electrons. The van der Waals surface area contributed by atoms with Gasteiger partial charge in [-0.2, -0.15) is 5.26 Å². The maximum absolute atomic E-state index is 12.5. The molecule has 3 rings (SSSR count). The molecule has 0 spiro atoms. The molecule has 0 aromatic heterocycles. The molecule has 1 N–H and O–H groups in total. The molecule has 29 heavy (non-hydrogen) atoms. The Hall–Kier alpha value is -3.06. The van der Waals surface area contributed by atoms with Gasteiger partial charge in [0.1, 0.15) is 11.6 Å². The van der Waals surface area contributed by atoms with Crippen LogP contribution in [0.4, 0.5) is 5.69 Å². The first kappa shape index (κ1) is 20.7. The molecule has 1 atom stereocenters. The molecule has 150 valence electrons. The zero-order valence-corrected chi connectivity index (χ0v) is 17.7. The van der Waals surface area contributed by atoms with E-state index in [-0.39, 0.29) is 17.0 Å². The van der Waals surface area contributed by atoms with Gasteiger partial charge < -0.3 is 10.2 Å². The lowest BCUT2D eigenvalue weighted by Gasteiger charge is -2.47. The maximum Gasteiger partial charge on any atom is 0.262 e. The Morgan fingerprint density at radius 2 is 2.00 bits per heavy atom. The number of rotatable bonds is 5. The number of benzene rings is 2. The molecule has 1 aliphatic rings. The van der Waals surface area contributed by atoms with Gasteiger partial charge in [0.25, 0.3) is 5.91 Å². The molecule has 2 aromatic rings. The third kappa shape index (κ3) is 4.51. The fourth-order valence-electron chi connectivity index (χ4n) is 4.39. The van der Waals surface area contributed by atoms with Crippen LogP contribution in [-0.4, -0.2) is 18.0 Å². The molecule has 2 aromatic carbocycles. The molecule has 0 saturated heterocycles. The van der Waals surface area contributed by atoms with Gasteiger partial charge in [0.2, 0.25) is 0 Å². The van der Waals surface area contributed by atoms with E-state index >= 15 is 0 Å². The summed E-state index contributed by atoms with van der Waals surface area (Å²) in [6.45, 7) is 10.4. The van der Waals surface area contributed by atoms with Crippen LogP contribution in [0.25, 0.3) is 6.08 Å². The summed E-state index contributed by atoms with van der Waals surface area (Å²) >= 11 is 0. The zero-order chi connectivity index (χ0) is 21.0. The standard InChI is InChI=1S/C25H29N3O/c1-5-28-23-12-11-20(14-22(23)18(2)15-25(28,3)4)13-21(16-26)24(29)27-17-19-9-7-6-8-10-19/h6-14,18H,5,15,17H2,1-4H3,(H,27,29)/b21-13-. The number of nitrogens with one attached hydrogen (secondary N) is 1. The minimum Gasteiger partial charge on any atom is -0.366 e. The van der Waals surface area contributed by atoms with E-state index in [9.17, 15) is 10.1 Å². The number of amides is 1. The van der Waals surface area contributed by atoms with Crippen LogP contribution in [0.15, 0.2) is 54.1 Å². The monoisotopic (exact) mass is 387 g/mol. The predicted octanol–water partition coefficient (Wildman–Crippen LogP) is 5.02. The van der Waals surface area contributed by atoms with Crippen molar-refractivity contribution < 1.29 is 4.79 Å². The Kier molecular flexibility index (Phi) is 6.08. The molecule has 1 heterocycles. The van der Waals surface area contributed by atoms with Crippen LogP contribution in [0, 0.1) is 11.3 Å². The fraction of sp³-hybridized carbons (Fsp3) is 0.360. The van der Waals surface area contributed by atoms with Crippen molar-refractivity contribution in [2.75, 3.05) is 11.4 Å². The molecular formula is C25H29N3O. The molecule has 1 unspecified atom stereocenters. The Morgan fingerprint density at radius 1 is 1.28 bits per heavy atom. The molecule has 4 heteroatoms. The Morgan fingerprint density at radius 3 is 2.66 bits per heavy atom. The topological polar surface area (TPSA) is 56.1 Å². The second-order valence-electron chi connectivity index (χ2n) is 8.32. The minimum atomic E-state index is -0.349. The van der Waals surface area contributed by atoms with Crippen molar-refractivity contribution >= 4 is 17.7 Å². The van der Waals surface area contributed by atoms with Gasteiger partial charge >= 0.3 is 0 Å². The highest BCUT2D eigenvalue weighted by molar-refractivity contribution is 6.01. The largest absolute Gasteiger partial charge is 0.366 e. The predicted molar refractivity (Wildman–Crippen MR) is 118 cm³/mol. The average Bonchev–Trinajstić information content (AvgIpc) is 2.71. The van der Waals surface area contributed by atoms with Crippen LogP contribution >= 0.6 is 0 Å². The molecule has 4 nitrogen and oxygen atoms in total. The van der Waals surface area contributed by atoms with Crippen LogP contribution in [0.3, 0.4) is 0 Å². The lowest BCUT2D eigenvalue weighted by Crippen LogP contribution is -2.48. The number of hydrogen-bond acceptors (Lipinski definition) is 3. The lowest BCUT2D eigenvalue weighted by atomic mass is 9.79. The maximum atomic E-state index is 12.5. The molecule has 1 amide bonds. The van der Waals surface area contributed by atoms with Crippen molar-refractivity contribution in [3.05, 3.63) is 70.8 Å². The van der Waals surface area contributed by atoms with Crippen molar-refractivity contribution in [3.8, 4) is 6.07 Å². The summed E-state index contributed by atoms with van der Waals surface area (Å²) in [6.07, 6.45) is 2.76. The van der Waals surface area contributed by atoms with Crippen molar-refractivity contribution in [1.29, 1.82) is 5.26 Å². The van der Waals surface area contributed by atoms with Crippen molar-refractivity contribution in [1.82, 2.24) is 5.32 Å². The molecule has 0 fully saturated rings. The number of carbonyl (C=O) groups excluding carboxylic acids is 1. The summed E-state index contributed by atoms with van der Waals surface area (Å²) in [4.78, 5) is 14.9. The summed E-state index contributed by atoms with van der Waals surface area (Å²) in [5.74, 6) is 0.0760. The number of fused-ring (bicyclic) bond motifs is 1. The quantitative estimate of drug-likeness (QED) is 0.579. The normalized spacial score (nSPS) is 18.0. The summed E-state index contributed by atoms with van der Waals surface area (Å²) in [5.41, 5.74) is 4.66. The Labute approximate surface area is 173 Å². The number of nitrogens with zero attached hydrogens (tertiary/aromatic N) is 2. The minimum absolute atomic E-state index is 0.119. The van der Waals surface area contributed by atoms with Crippen LogP contribution in [0.1, 0.15) is 56.7 Å². The zero-order valence-electron chi connectivity index (χ0n) is 17.7. The van der Waals surface area contributed by atoms with Crippen LogP contribution < -0.4 is 10.2 Å². The van der Waals surface area contributed by atoms with E-state index in [2.05, 4.69) is 50.0 Å². The van der Waals surface area contributed by atoms with Crippen molar-refractivity contribution in [2.45, 2.75) is 52.1 Å². The van der Waals surface area contributed by atoms with Crippen LogP contribution in [-0.2, 0) is 11.3 Å². The van der Waals surface area contributed by atoms with E-state index in [4.69, 9.17) is 0 Å². The number of hydrogen-bond donors (Lipinski definition) is 1. The first-order chi connectivity index (χ1) is 13.9. The van der Waals surface area contributed by atoms with E-state index in [0.29, 0.717) is 12.5 Å². The van der Waals surface area contributed by atoms with Crippen LogP contribution in [0.2, 0.25) is 0 Å². The highest BCUT2D eigenvalue weighted by Gasteiger charge is 2.35. The lowest BCUT2D eigenvalue weighted by molar-refractivity contribution is -0.117. The fourth-order valence-corrected chi connectivity index (χ4v) is 4.39. The highest BCUT2D eigenvalue weighted by Crippen LogP contribution is 2.43. The van der Waals surface area contributed by atoms with Gasteiger partial charge in [-0.3, -0.25) is 4.79 Å². The SMILES string of the molecule is CCN1c2ccc(/C=C(/C#N)C(=O)NCc3ccccc3)cc2C(C)CC1(C)C. The smallest absolute Gasteiger partial charge is 0.262 e. The molecule has 0 aliphatic carbocycles. The number of anilines is 1. The summed E-state index contributed by atoms with van der Waals surface area (Å²) < 4.78 is 0. The van der Waals surface area contributed by atoms with Gasteiger partial charge in [-0.1, -0.05) is 43.3 Å². The molecule has 1 aliphatic heterocycles. The van der Waals surface area contributed by atoms with E-state index < -0.39 is 0 Å². The summed E-state index contributed by atoms with van der Waals surface area (Å²) in [5, 5.41) is 12.3. The van der Waals surface area contributed by atoms with Gasteiger partial charge in [0, 0.05) is 24.3 Å². The summed E-state index contributed by atoms with van der Waals surface area (Å²) in [7, 11) is 0. The first-order valence-electron chi connectivity index (χ1n) is 10.2. The van der Waals surface area contributed by atoms with Gasteiger partial charge in [0.15, 0.2) is 0 Å². The van der Waals surface area contributed by atoms with Gasteiger partial charge in [-0.05, 0) is 68.0 Å². The second kappa shape index (κ2) is 8.53. The number of nitriles is 1. The van der Waals surface area contributed by atoms with Crippen LogP contribution in [0.5, 0.6) is 0 Å². The Balaban J connectivity index is 1.83. The van der Waals surface area contributed by atoms with Crippen molar-refractivity contribution in [3.63, 3.8) is 0 Å². The van der Waals surface area contributed by atoms with E-state index in [1.165, 1.54) is 11.3 Å². The van der Waals surface area contributed by atoms with Gasteiger partial charge in [0.05, 0.1) is 0 Å². The van der Waals surface area contributed by atoms with Crippen molar-refractivity contribution in [2.24, 2.45) is 0 Å². The first-order valence-corrected chi connectivity index (χ1v) is 10.2. The van der Waals surface area contributed by atoms with Gasteiger partial charge in [-0.25, -0.2) is 0 Å². The van der Waals surface area contributed by atoms with E-state index in [1.807, 2.05) is 42.5 Å². The van der Waals surface area contributed by atoms with Gasteiger partial charge in [-0.15, -0.1) is 0 Å². The average molecular weight is 388 g/mol. The second-order valence-corrected chi connectivity index (χ2v) is 8.32. The van der Waals surface area contributed by atoms with E-state index in [0.717, 1.165) is 24.1 Å².